The highest BCUT2D eigenvalue weighted by atomic mass is 35.5. The molecule has 0 aliphatic rings. The minimum Gasteiger partial charge on any atom is -0.497 e. The van der Waals surface area contributed by atoms with Gasteiger partial charge in [-0.05, 0) is 36.4 Å². The van der Waals surface area contributed by atoms with Crippen LogP contribution in [0.15, 0.2) is 54.7 Å². The molecular formula is C21H13Cl2F3N4O2. The molecule has 0 atom stereocenters. The van der Waals surface area contributed by atoms with Crippen LogP contribution in [0.1, 0.15) is 16.1 Å². The maximum absolute atomic E-state index is 13.8. The minimum absolute atomic E-state index is 0.00259. The molecule has 1 N–H and O–H groups in total. The van der Waals surface area contributed by atoms with Crippen LogP contribution in [-0.2, 0) is 6.18 Å². The molecule has 0 saturated carbocycles. The number of nitrogens with one attached hydrogen (secondary N) is 1. The molecule has 0 spiro atoms. The van der Waals surface area contributed by atoms with Crippen molar-refractivity contribution in [2.45, 2.75) is 6.18 Å². The Kier molecular flexibility index (Phi) is 5.70. The molecule has 0 aliphatic carbocycles. The lowest BCUT2D eigenvalue weighted by Crippen LogP contribution is -2.16. The van der Waals surface area contributed by atoms with E-state index in [9.17, 15) is 18.0 Å². The van der Waals surface area contributed by atoms with Gasteiger partial charge in [0.2, 0.25) is 0 Å². The molecule has 4 rings (SSSR count). The third kappa shape index (κ3) is 4.21. The number of methoxy groups -OCH3 is 1. The molecule has 2 aromatic carbocycles. The van der Waals surface area contributed by atoms with Crippen LogP contribution >= 0.6 is 23.2 Å². The number of carbonyl (C=O) groups is 1. The number of nitrogens with zero attached hydrogens (tertiary/aromatic N) is 3. The summed E-state index contributed by atoms with van der Waals surface area (Å²) in [7, 11) is 1.44. The first-order valence-electron chi connectivity index (χ1n) is 9.04. The molecule has 2 heterocycles. The number of benzene rings is 2. The van der Waals surface area contributed by atoms with E-state index in [1.807, 2.05) is 0 Å². The van der Waals surface area contributed by atoms with Gasteiger partial charge in [0.25, 0.3) is 5.91 Å². The number of aromatic nitrogens is 3. The maximum Gasteiger partial charge on any atom is 0.433 e. The summed E-state index contributed by atoms with van der Waals surface area (Å²) in [6.45, 7) is 0. The highest BCUT2D eigenvalue weighted by molar-refractivity contribution is 6.36. The second-order valence-corrected chi connectivity index (χ2v) is 7.47. The fraction of sp³-hybridized carbons (Fsp3) is 0.0952. The van der Waals surface area contributed by atoms with Crippen molar-refractivity contribution >= 4 is 40.4 Å². The summed E-state index contributed by atoms with van der Waals surface area (Å²) < 4.78 is 47.0. The second-order valence-electron chi connectivity index (χ2n) is 6.63. The third-order valence-corrected chi connectivity index (χ3v) is 5.10. The van der Waals surface area contributed by atoms with Gasteiger partial charge in [-0.3, -0.25) is 4.79 Å². The first-order chi connectivity index (χ1) is 15.2. The zero-order chi connectivity index (χ0) is 23.0. The van der Waals surface area contributed by atoms with Gasteiger partial charge in [0.1, 0.15) is 11.3 Å². The zero-order valence-corrected chi connectivity index (χ0v) is 17.8. The SMILES string of the molecule is COc1cccc(-c2cc(C(F)(F)F)n3ncc(C(=O)Nc4ccc(Cl)cc4Cl)c3n2)c1. The molecule has 0 fully saturated rings. The number of halogens is 5. The average molecular weight is 481 g/mol. The number of hydrogen-bond acceptors (Lipinski definition) is 4. The minimum atomic E-state index is -4.74. The lowest BCUT2D eigenvalue weighted by molar-refractivity contribution is -0.142. The average Bonchev–Trinajstić information content (AvgIpc) is 3.18. The molecule has 4 aromatic rings. The smallest absolute Gasteiger partial charge is 0.433 e. The molecule has 0 saturated heterocycles. The Morgan fingerprint density at radius 3 is 2.59 bits per heavy atom. The summed E-state index contributed by atoms with van der Waals surface area (Å²) >= 11 is 11.9. The van der Waals surface area contributed by atoms with Crippen LogP contribution in [-0.4, -0.2) is 27.6 Å². The summed E-state index contributed by atoms with van der Waals surface area (Å²) in [6.07, 6.45) is -3.72. The van der Waals surface area contributed by atoms with Crippen molar-refractivity contribution in [3.63, 3.8) is 0 Å². The number of rotatable bonds is 4. The molecule has 32 heavy (non-hydrogen) atoms. The van der Waals surface area contributed by atoms with Crippen molar-refractivity contribution in [1.29, 1.82) is 0 Å². The van der Waals surface area contributed by atoms with E-state index >= 15 is 0 Å². The number of amides is 1. The van der Waals surface area contributed by atoms with Crippen LogP contribution < -0.4 is 10.1 Å². The number of hydrogen-bond donors (Lipinski definition) is 1. The van der Waals surface area contributed by atoms with Gasteiger partial charge in [-0.15, -0.1) is 0 Å². The Morgan fingerprint density at radius 2 is 1.91 bits per heavy atom. The standard InChI is InChI=1S/C21H13Cl2F3N4O2/c1-32-13-4-2-3-11(7-13)17-9-18(21(24,25)26)30-19(28-17)14(10-27-30)20(31)29-16-6-5-12(22)8-15(16)23/h2-10H,1H3,(H,29,31). The van der Waals surface area contributed by atoms with Crippen molar-refractivity contribution in [3.05, 3.63) is 76.0 Å². The highest BCUT2D eigenvalue weighted by Crippen LogP contribution is 2.34. The predicted molar refractivity (Wildman–Crippen MR) is 114 cm³/mol. The van der Waals surface area contributed by atoms with E-state index in [4.69, 9.17) is 27.9 Å². The Bertz CT molecular complexity index is 1340. The number of fused-ring (bicyclic) bond motifs is 1. The summed E-state index contributed by atoms with van der Waals surface area (Å²) in [4.78, 5) is 17.1. The van der Waals surface area contributed by atoms with Crippen LogP contribution in [0.4, 0.5) is 18.9 Å². The van der Waals surface area contributed by atoms with E-state index in [0.29, 0.717) is 20.9 Å². The molecule has 164 valence electrons. The van der Waals surface area contributed by atoms with Gasteiger partial charge in [0, 0.05) is 10.6 Å². The Balaban J connectivity index is 1.84. The summed E-state index contributed by atoms with van der Waals surface area (Å²) in [5.74, 6) is -0.283. The normalized spacial score (nSPS) is 11.6. The Labute approximate surface area is 189 Å². The lowest BCUT2D eigenvalue weighted by atomic mass is 10.1. The molecule has 2 aromatic heterocycles. The summed E-state index contributed by atoms with van der Waals surface area (Å²) in [5, 5.41) is 6.82. The Morgan fingerprint density at radius 1 is 1.12 bits per heavy atom. The van der Waals surface area contributed by atoms with E-state index in [2.05, 4.69) is 15.4 Å². The first kappa shape index (κ1) is 21.9. The monoisotopic (exact) mass is 480 g/mol. The van der Waals surface area contributed by atoms with Gasteiger partial charge >= 0.3 is 6.18 Å². The van der Waals surface area contributed by atoms with E-state index in [0.717, 1.165) is 12.3 Å². The van der Waals surface area contributed by atoms with E-state index < -0.39 is 17.8 Å². The van der Waals surface area contributed by atoms with Crippen molar-refractivity contribution < 1.29 is 22.7 Å². The van der Waals surface area contributed by atoms with E-state index in [1.165, 1.54) is 25.3 Å². The van der Waals surface area contributed by atoms with Crippen LogP contribution in [0.25, 0.3) is 16.9 Å². The van der Waals surface area contributed by atoms with Gasteiger partial charge in [-0.2, -0.15) is 18.3 Å². The van der Waals surface area contributed by atoms with Gasteiger partial charge in [-0.25, -0.2) is 9.50 Å². The van der Waals surface area contributed by atoms with Crippen LogP contribution in [0.5, 0.6) is 5.75 Å². The fourth-order valence-electron chi connectivity index (χ4n) is 3.04. The molecule has 0 unspecified atom stereocenters. The number of carbonyl (C=O) groups excluding carboxylic acids is 1. The molecular weight excluding hydrogens is 468 g/mol. The highest BCUT2D eigenvalue weighted by Gasteiger charge is 2.36. The van der Waals surface area contributed by atoms with Crippen LogP contribution in [0.3, 0.4) is 0 Å². The molecule has 1 amide bonds. The van der Waals surface area contributed by atoms with Crippen molar-refractivity contribution in [3.8, 4) is 17.0 Å². The Hall–Kier alpha value is -3.30. The van der Waals surface area contributed by atoms with E-state index in [1.54, 1.807) is 24.3 Å². The number of alkyl halides is 3. The number of ether oxygens (including phenoxy) is 1. The van der Waals surface area contributed by atoms with Gasteiger partial charge in [0.15, 0.2) is 11.3 Å². The quantitative estimate of drug-likeness (QED) is 0.389. The second kappa shape index (κ2) is 8.33. The molecule has 11 heteroatoms. The topological polar surface area (TPSA) is 68.5 Å². The molecule has 0 radical (unpaired) electrons. The maximum atomic E-state index is 13.8. The zero-order valence-electron chi connectivity index (χ0n) is 16.2. The van der Waals surface area contributed by atoms with E-state index in [-0.39, 0.29) is 27.6 Å². The largest absolute Gasteiger partial charge is 0.497 e. The van der Waals surface area contributed by atoms with Crippen LogP contribution in [0, 0.1) is 0 Å². The fourth-order valence-corrected chi connectivity index (χ4v) is 3.49. The predicted octanol–water partition coefficient (Wildman–Crippen LogP) is 5.98. The van der Waals surface area contributed by atoms with Gasteiger partial charge in [0.05, 0.1) is 29.7 Å². The first-order valence-corrected chi connectivity index (χ1v) is 9.80. The molecule has 6 nitrogen and oxygen atoms in total. The van der Waals surface area contributed by atoms with Gasteiger partial charge < -0.3 is 10.1 Å². The van der Waals surface area contributed by atoms with Crippen molar-refractivity contribution in [1.82, 2.24) is 14.6 Å². The van der Waals surface area contributed by atoms with Crippen LogP contribution in [0.2, 0.25) is 10.0 Å². The third-order valence-electron chi connectivity index (χ3n) is 4.55. The summed E-state index contributed by atoms with van der Waals surface area (Å²) in [5.41, 5.74) is -0.885. The number of anilines is 1. The lowest BCUT2D eigenvalue weighted by Gasteiger charge is -2.12. The van der Waals surface area contributed by atoms with Gasteiger partial charge in [-0.1, -0.05) is 35.3 Å². The van der Waals surface area contributed by atoms with Crippen molar-refractivity contribution in [2.75, 3.05) is 12.4 Å². The summed E-state index contributed by atoms with van der Waals surface area (Å²) in [6, 6.07) is 11.7. The van der Waals surface area contributed by atoms with Crippen molar-refractivity contribution in [2.24, 2.45) is 0 Å². The molecule has 0 aliphatic heterocycles. The molecule has 0 bridgehead atoms.